The highest BCUT2D eigenvalue weighted by Crippen LogP contribution is 2.30. The van der Waals surface area contributed by atoms with Gasteiger partial charge >= 0.3 is 0 Å². The van der Waals surface area contributed by atoms with Crippen molar-refractivity contribution in [3.05, 3.63) is 34.9 Å². The highest BCUT2D eigenvalue weighted by Gasteiger charge is 2.26. The van der Waals surface area contributed by atoms with Gasteiger partial charge < -0.3 is 10.2 Å². The molecule has 0 amide bonds. The Kier molecular flexibility index (Phi) is 3.97. The third kappa shape index (κ3) is 3.31. The molecule has 2 aliphatic heterocycles. The number of hydrogen-bond acceptors (Lipinski definition) is 3. The van der Waals surface area contributed by atoms with Crippen LogP contribution in [0.2, 0.25) is 0 Å². The zero-order valence-corrected chi connectivity index (χ0v) is 13.0. The molecule has 3 nitrogen and oxygen atoms in total. The van der Waals surface area contributed by atoms with Crippen molar-refractivity contribution in [1.29, 1.82) is 0 Å². The van der Waals surface area contributed by atoms with Crippen molar-refractivity contribution in [2.24, 2.45) is 5.92 Å². The van der Waals surface area contributed by atoms with Crippen molar-refractivity contribution in [1.82, 2.24) is 15.1 Å². The number of nitrogens with one attached hydrogen (secondary N) is 1. The molecule has 1 aliphatic carbocycles. The highest BCUT2D eigenvalue weighted by molar-refractivity contribution is 5.37. The molecule has 1 aromatic carbocycles. The second kappa shape index (κ2) is 6.07. The molecule has 1 N–H and O–H groups in total. The molecule has 1 saturated heterocycles. The standard InChI is InChI=1S/C18H27N3/c1-2-16-12-19-7-6-18(16)17(3-1)14-21-10-8-20(9-11-21)13-15-4-5-15/h1-3,15,19H,4-14H2. The number of benzene rings is 1. The minimum atomic E-state index is 1.03. The molecule has 21 heavy (non-hydrogen) atoms. The average Bonchev–Trinajstić information content (AvgIpc) is 3.34. The lowest BCUT2D eigenvalue weighted by atomic mass is 9.95. The second-order valence-corrected chi connectivity index (χ2v) is 7.00. The van der Waals surface area contributed by atoms with Gasteiger partial charge in [-0.25, -0.2) is 0 Å². The molecule has 0 spiro atoms. The van der Waals surface area contributed by atoms with E-state index in [0.717, 1.165) is 25.6 Å². The van der Waals surface area contributed by atoms with Gasteiger partial charge in [0, 0.05) is 45.8 Å². The first-order chi connectivity index (χ1) is 10.4. The molecule has 3 aliphatic rings. The first-order valence-electron chi connectivity index (χ1n) is 8.63. The minimum Gasteiger partial charge on any atom is -0.312 e. The van der Waals surface area contributed by atoms with E-state index in [1.54, 1.807) is 11.1 Å². The summed E-state index contributed by atoms with van der Waals surface area (Å²) in [6, 6.07) is 6.88. The maximum atomic E-state index is 3.48. The fourth-order valence-electron chi connectivity index (χ4n) is 3.80. The highest BCUT2D eigenvalue weighted by atomic mass is 15.3. The van der Waals surface area contributed by atoms with E-state index in [-0.39, 0.29) is 0 Å². The fraction of sp³-hybridized carbons (Fsp3) is 0.667. The van der Waals surface area contributed by atoms with E-state index in [9.17, 15) is 0 Å². The summed E-state index contributed by atoms with van der Waals surface area (Å²) in [7, 11) is 0. The molecule has 114 valence electrons. The molecule has 0 unspecified atom stereocenters. The van der Waals surface area contributed by atoms with Crippen LogP contribution in [-0.2, 0) is 19.5 Å². The van der Waals surface area contributed by atoms with Crippen molar-refractivity contribution in [3.8, 4) is 0 Å². The van der Waals surface area contributed by atoms with Gasteiger partial charge in [-0.2, -0.15) is 0 Å². The molecule has 3 heteroatoms. The van der Waals surface area contributed by atoms with E-state index in [1.165, 1.54) is 57.5 Å². The lowest BCUT2D eigenvalue weighted by Gasteiger charge is -2.35. The Balaban J connectivity index is 1.36. The summed E-state index contributed by atoms with van der Waals surface area (Å²) < 4.78 is 0. The number of fused-ring (bicyclic) bond motifs is 1. The molecule has 1 aromatic rings. The van der Waals surface area contributed by atoms with Gasteiger partial charge in [0.2, 0.25) is 0 Å². The van der Waals surface area contributed by atoms with Crippen molar-refractivity contribution in [2.75, 3.05) is 39.3 Å². The van der Waals surface area contributed by atoms with Crippen LogP contribution in [-0.4, -0.2) is 49.1 Å². The number of nitrogens with zero attached hydrogens (tertiary/aromatic N) is 2. The summed E-state index contributed by atoms with van der Waals surface area (Å²) in [6.45, 7) is 9.74. The van der Waals surface area contributed by atoms with Gasteiger partial charge in [-0.05, 0) is 48.4 Å². The van der Waals surface area contributed by atoms with Crippen molar-refractivity contribution in [3.63, 3.8) is 0 Å². The Morgan fingerprint density at radius 3 is 2.67 bits per heavy atom. The predicted octanol–water partition coefficient (Wildman–Crippen LogP) is 1.86. The van der Waals surface area contributed by atoms with Crippen molar-refractivity contribution < 1.29 is 0 Å². The van der Waals surface area contributed by atoms with Crippen molar-refractivity contribution >= 4 is 0 Å². The SMILES string of the molecule is c1cc2c(c(CN3CCN(CC4CC4)CC3)c1)CCNC2. The summed E-state index contributed by atoms with van der Waals surface area (Å²) in [5, 5.41) is 3.48. The van der Waals surface area contributed by atoms with E-state index >= 15 is 0 Å². The predicted molar refractivity (Wildman–Crippen MR) is 86.3 cm³/mol. The van der Waals surface area contributed by atoms with Crippen LogP contribution in [0.25, 0.3) is 0 Å². The Bertz CT molecular complexity index is 487. The Morgan fingerprint density at radius 2 is 1.86 bits per heavy atom. The van der Waals surface area contributed by atoms with Gasteiger partial charge in [-0.3, -0.25) is 4.90 Å². The lowest BCUT2D eigenvalue weighted by molar-refractivity contribution is 0.123. The van der Waals surface area contributed by atoms with Gasteiger partial charge in [-0.1, -0.05) is 18.2 Å². The normalized spacial score (nSPS) is 24.0. The molecule has 4 rings (SSSR count). The van der Waals surface area contributed by atoms with E-state index in [2.05, 4.69) is 33.3 Å². The molecule has 0 aromatic heterocycles. The largest absolute Gasteiger partial charge is 0.312 e. The molecule has 1 saturated carbocycles. The van der Waals surface area contributed by atoms with Crippen LogP contribution in [0.4, 0.5) is 0 Å². The van der Waals surface area contributed by atoms with Crippen LogP contribution in [0.3, 0.4) is 0 Å². The van der Waals surface area contributed by atoms with E-state index in [1.807, 2.05) is 0 Å². The summed E-state index contributed by atoms with van der Waals surface area (Å²) in [5.41, 5.74) is 4.72. The zero-order valence-electron chi connectivity index (χ0n) is 13.0. The third-order valence-corrected chi connectivity index (χ3v) is 5.31. The smallest absolute Gasteiger partial charge is 0.0237 e. The Morgan fingerprint density at radius 1 is 1.05 bits per heavy atom. The van der Waals surface area contributed by atoms with Crippen molar-refractivity contribution in [2.45, 2.75) is 32.4 Å². The first-order valence-corrected chi connectivity index (χ1v) is 8.63. The van der Waals surface area contributed by atoms with E-state index in [0.29, 0.717) is 0 Å². The van der Waals surface area contributed by atoms with E-state index in [4.69, 9.17) is 0 Å². The molecule has 0 radical (unpaired) electrons. The monoisotopic (exact) mass is 285 g/mol. The molecule has 0 atom stereocenters. The van der Waals surface area contributed by atoms with Crippen LogP contribution >= 0.6 is 0 Å². The number of hydrogen-bond donors (Lipinski definition) is 1. The number of piperazine rings is 1. The minimum absolute atomic E-state index is 1.03. The van der Waals surface area contributed by atoms with Gasteiger partial charge in [0.05, 0.1) is 0 Å². The van der Waals surface area contributed by atoms with Gasteiger partial charge in [0.25, 0.3) is 0 Å². The average molecular weight is 285 g/mol. The third-order valence-electron chi connectivity index (χ3n) is 5.31. The van der Waals surface area contributed by atoms with Crippen LogP contribution in [0.5, 0.6) is 0 Å². The maximum Gasteiger partial charge on any atom is 0.0237 e. The topological polar surface area (TPSA) is 18.5 Å². The van der Waals surface area contributed by atoms with Gasteiger partial charge in [-0.15, -0.1) is 0 Å². The second-order valence-electron chi connectivity index (χ2n) is 7.00. The van der Waals surface area contributed by atoms with Crippen LogP contribution < -0.4 is 5.32 Å². The Labute approximate surface area is 128 Å². The van der Waals surface area contributed by atoms with Crippen LogP contribution in [0.15, 0.2) is 18.2 Å². The van der Waals surface area contributed by atoms with Crippen LogP contribution in [0.1, 0.15) is 29.5 Å². The number of rotatable bonds is 4. The molecular formula is C18H27N3. The summed E-state index contributed by atoms with van der Waals surface area (Å²) in [4.78, 5) is 5.33. The summed E-state index contributed by atoms with van der Waals surface area (Å²) in [6.07, 6.45) is 4.15. The first kappa shape index (κ1) is 13.7. The summed E-state index contributed by atoms with van der Waals surface area (Å²) in [5.74, 6) is 1.03. The van der Waals surface area contributed by atoms with Crippen LogP contribution in [0, 0.1) is 5.92 Å². The van der Waals surface area contributed by atoms with Gasteiger partial charge in [0.15, 0.2) is 0 Å². The molecular weight excluding hydrogens is 258 g/mol. The molecule has 2 fully saturated rings. The fourth-order valence-corrected chi connectivity index (χ4v) is 3.80. The molecule has 0 bridgehead atoms. The van der Waals surface area contributed by atoms with E-state index < -0.39 is 0 Å². The van der Waals surface area contributed by atoms with Gasteiger partial charge in [0.1, 0.15) is 0 Å². The quantitative estimate of drug-likeness (QED) is 0.911. The summed E-state index contributed by atoms with van der Waals surface area (Å²) >= 11 is 0. The zero-order chi connectivity index (χ0) is 14.1. The Hall–Kier alpha value is -0.900. The lowest BCUT2D eigenvalue weighted by Crippen LogP contribution is -2.46. The maximum absolute atomic E-state index is 3.48. The molecule has 2 heterocycles.